The van der Waals surface area contributed by atoms with E-state index in [1.807, 2.05) is 42.5 Å². The number of amides is 2. The Morgan fingerprint density at radius 1 is 1.06 bits per heavy atom. The molecule has 5 nitrogen and oxygen atoms in total. The Kier molecular flexibility index (Phi) is 10.5. The lowest BCUT2D eigenvalue weighted by atomic mass is 10.1. The van der Waals surface area contributed by atoms with Gasteiger partial charge in [-0.25, -0.2) is 0 Å². The molecule has 0 unspecified atom stereocenters. The Balaban J connectivity index is 2.12. The zero-order valence-corrected chi connectivity index (χ0v) is 21.5. The Bertz CT molecular complexity index is 872. The summed E-state index contributed by atoms with van der Waals surface area (Å²) in [6.45, 7) is 6.69. The second kappa shape index (κ2) is 12.9. The maximum absolute atomic E-state index is 13.1. The molecule has 0 saturated heterocycles. The summed E-state index contributed by atoms with van der Waals surface area (Å²) in [5.74, 6) is 0.203. The second-order valence-electron chi connectivity index (χ2n) is 7.38. The zero-order valence-electron chi connectivity index (χ0n) is 18.3. The fraction of sp³-hybridized carbons (Fsp3) is 0.417. The number of unbranched alkanes of at least 4 members (excludes halogenated alkanes) is 1. The average molecular weight is 554 g/mol. The smallest absolute Gasteiger partial charge is 0.261 e. The summed E-state index contributed by atoms with van der Waals surface area (Å²) in [5, 5.41) is 2.92. The third kappa shape index (κ3) is 7.96. The number of hydrogen-bond donors (Lipinski definition) is 1. The van der Waals surface area contributed by atoms with E-state index < -0.39 is 6.04 Å². The second-order valence-corrected chi connectivity index (χ2v) is 9.15. The molecule has 2 amide bonds. The number of nitrogens with one attached hydrogen (secondary N) is 1. The predicted molar refractivity (Wildman–Crippen MR) is 131 cm³/mol. The maximum Gasteiger partial charge on any atom is 0.261 e. The van der Waals surface area contributed by atoms with Crippen molar-refractivity contribution < 1.29 is 14.3 Å². The molecule has 0 radical (unpaired) electrons. The van der Waals surface area contributed by atoms with E-state index in [0.717, 1.165) is 33.8 Å². The minimum absolute atomic E-state index is 0.146. The average Bonchev–Trinajstić information content (AvgIpc) is 2.77. The molecule has 0 bridgehead atoms. The van der Waals surface area contributed by atoms with Crippen LogP contribution in [0.2, 0.25) is 0 Å². The van der Waals surface area contributed by atoms with Crippen LogP contribution in [0.15, 0.2) is 51.4 Å². The quantitative estimate of drug-likeness (QED) is 0.374. The van der Waals surface area contributed by atoms with Crippen LogP contribution in [0.3, 0.4) is 0 Å². The molecule has 2 rings (SSSR count). The molecule has 0 saturated carbocycles. The van der Waals surface area contributed by atoms with E-state index in [0.29, 0.717) is 18.8 Å². The van der Waals surface area contributed by atoms with Crippen LogP contribution < -0.4 is 10.1 Å². The first kappa shape index (κ1) is 25.4. The van der Waals surface area contributed by atoms with Gasteiger partial charge in [0, 0.05) is 17.6 Å². The maximum atomic E-state index is 13.1. The van der Waals surface area contributed by atoms with Crippen LogP contribution in [-0.4, -0.2) is 35.9 Å². The molecule has 31 heavy (non-hydrogen) atoms. The van der Waals surface area contributed by atoms with Gasteiger partial charge < -0.3 is 15.0 Å². The fourth-order valence-corrected chi connectivity index (χ4v) is 3.81. The van der Waals surface area contributed by atoms with Gasteiger partial charge in [-0.2, -0.15) is 0 Å². The van der Waals surface area contributed by atoms with E-state index in [-0.39, 0.29) is 18.4 Å². The molecular formula is C24H30Br2N2O3. The van der Waals surface area contributed by atoms with Crippen molar-refractivity contribution in [3.05, 3.63) is 62.5 Å². The lowest BCUT2D eigenvalue weighted by molar-refractivity contribution is -0.142. The van der Waals surface area contributed by atoms with Crippen LogP contribution in [0.1, 0.15) is 44.7 Å². The zero-order chi connectivity index (χ0) is 22.8. The number of nitrogens with zero attached hydrogens (tertiary/aromatic N) is 1. The fourth-order valence-electron chi connectivity index (χ4n) is 3.01. The standard InChI is InChI=1S/C24H30Br2N2O3/c1-4-6-13-27-24(30)17(3)28(15-19-7-10-20(25)11-8-19)23(29)16-31-22-12-9-18(5-2)14-21(22)26/h7-12,14,17H,4-6,13,15-16H2,1-3H3,(H,27,30)/t17-/m0/s1. The summed E-state index contributed by atoms with van der Waals surface area (Å²) < 4.78 is 7.56. The number of ether oxygens (including phenoxy) is 1. The van der Waals surface area contributed by atoms with Crippen LogP contribution in [0, 0.1) is 0 Å². The van der Waals surface area contributed by atoms with Gasteiger partial charge in [0.1, 0.15) is 11.8 Å². The van der Waals surface area contributed by atoms with Gasteiger partial charge in [0.15, 0.2) is 6.61 Å². The van der Waals surface area contributed by atoms with Gasteiger partial charge >= 0.3 is 0 Å². The molecule has 2 aromatic rings. The van der Waals surface area contributed by atoms with E-state index in [4.69, 9.17) is 4.74 Å². The lowest BCUT2D eigenvalue weighted by Gasteiger charge is -2.29. The summed E-state index contributed by atoms with van der Waals surface area (Å²) in [6.07, 6.45) is 2.82. The van der Waals surface area contributed by atoms with Crippen molar-refractivity contribution >= 4 is 43.7 Å². The van der Waals surface area contributed by atoms with E-state index in [9.17, 15) is 9.59 Å². The van der Waals surface area contributed by atoms with Gasteiger partial charge in [-0.15, -0.1) is 0 Å². The predicted octanol–water partition coefficient (Wildman–Crippen LogP) is 5.49. The highest BCUT2D eigenvalue weighted by molar-refractivity contribution is 9.10. The molecule has 1 atom stereocenters. The summed E-state index contributed by atoms with van der Waals surface area (Å²) >= 11 is 6.93. The third-order valence-electron chi connectivity index (χ3n) is 5.02. The molecule has 0 aromatic heterocycles. The summed E-state index contributed by atoms with van der Waals surface area (Å²) in [6, 6.07) is 12.9. The number of aryl methyl sites for hydroxylation is 1. The Morgan fingerprint density at radius 2 is 1.74 bits per heavy atom. The summed E-state index contributed by atoms with van der Waals surface area (Å²) in [4.78, 5) is 27.3. The molecule has 168 valence electrons. The molecule has 1 N–H and O–H groups in total. The van der Waals surface area contributed by atoms with Crippen molar-refractivity contribution in [3.8, 4) is 5.75 Å². The van der Waals surface area contributed by atoms with Crippen molar-refractivity contribution in [2.75, 3.05) is 13.2 Å². The van der Waals surface area contributed by atoms with Gasteiger partial charge in [-0.3, -0.25) is 9.59 Å². The van der Waals surface area contributed by atoms with Crippen molar-refractivity contribution in [2.45, 2.75) is 52.6 Å². The monoisotopic (exact) mass is 552 g/mol. The minimum Gasteiger partial charge on any atom is -0.483 e. The first-order valence-electron chi connectivity index (χ1n) is 10.6. The van der Waals surface area contributed by atoms with Gasteiger partial charge in [0.05, 0.1) is 4.47 Å². The van der Waals surface area contributed by atoms with Crippen LogP contribution >= 0.6 is 31.9 Å². The molecular weight excluding hydrogens is 524 g/mol. The summed E-state index contributed by atoms with van der Waals surface area (Å²) in [7, 11) is 0. The number of carbonyl (C=O) groups excluding carboxylic acids is 2. The molecule has 0 aliphatic rings. The van der Waals surface area contributed by atoms with Gasteiger partial charge in [0.2, 0.25) is 5.91 Å². The van der Waals surface area contributed by atoms with Crippen LogP contribution in [0.5, 0.6) is 5.75 Å². The minimum atomic E-state index is -0.609. The van der Waals surface area contributed by atoms with E-state index >= 15 is 0 Å². The molecule has 0 aliphatic carbocycles. The largest absolute Gasteiger partial charge is 0.483 e. The number of rotatable bonds is 11. The Labute approximate surface area is 201 Å². The Hall–Kier alpha value is -1.86. The first-order valence-corrected chi connectivity index (χ1v) is 12.2. The Morgan fingerprint density at radius 3 is 2.35 bits per heavy atom. The normalized spacial score (nSPS) is 11.6. The molecule has 7 heteroatoms. The van der Waals surface area contributed by atoms with E-state index in [1.165, 1.54) is 5.56 Å². The van der Waals surface area contributed by atoms with Crippen molar-refractivity contribution in [2.24, 2.45) is 0 Å². The van der Waals surface area contributed by atoms with E-state index in [2.05, 4.69) is 51.0 Å². The van der Waals surface area contributed by atoms with Crippen molar-refractivity contribution in [3.63, 3.8) is 0 Å². The third-order valence-corrected chi connectivity index (χ3v) is 6.17. The lowest BCUT2D eigenvalue weighted by Crippen LogP contribution is -2.49. The van der Waals surface area contributed by atoms with Crippen LogP contribution in [0.25, 0.3) is 0 Å². The number of carbonyl (C=O) groups is 2. The van der Waals surface area contributed by atoms with E-state index in [1.54, 1.807) is 11.8 Å². The molecule has 0 aliphatic heterocycles. The highest BCUT2D eigenvalue weighted by atomic mass is 79.9. The first-order chi connectivity index (χ1) is 14.8. The van der Waals surface area contributed by atoms with Gasteiger partial charge in [-0.1, -0.05) is 54.4 Å². The molecule has 0 fully saturated rings. The number of halogens is 2. The van der Waals surface area contributed by atoms with Crippen molar-refractivity contribution in [1.82, 2.24) is 10.2 Å². The topological polar surface area (TPSA) is 58.6 Å². The van der Waals surface area contributed by atoms with Gasteiger partial charge in [0.25, 0.3) is 5.91 Å². The SMILES string of the molecule is CCCCNC(=O)[C@H](C)N(Cc1ccc(Br)cc1)C(=O)COc1ccc(CC)cc1Br. The highest BCUT2D eigenvalue weighted by Crippen LogP contribution is 2.26. The molecule has 0 spiro atoms. The molecule has 2 aromatic carbocycles. The van der Waals surface area contributed by atoms with Crippen molar-refractivity contribution in [1.29, 1.82) is 0 Å². The highest BCUT2D eigenvalue weighted by Gasteiger charge is 2.26. The summed E-state index contributed by atoms with van der Waals surface area (Å²) in [5.41, 5.74) is 2.12. The van der Waals surface area contributed by atoms with Crippen LogP contribution in [0.4, 0.5) is 0 Å². The van der Waals surface area contributed by atoms with Crippen LogP contribution in [-0.2, 0) is 22.6 Å². The van der Waals surface area contributed by atoms with Gasteiger partial charge in [-0.05, 0) is 71.1 Å². The molecule has 0 heterocycles. The number of hydrogen-bond acceptors (Lipinski definition) is 3. The number of benzene rings is 2.